The van der Waals surface area contributed by atoms with Crippen molar-refractivity contribution in [2.75, 3.05) is 6.61 Å². The van der Waals surface area contributed by atoms with Gasteiger partial charge in [-0.15, -0.1) is 5.10 Å². The van der Waals surface area contributed by atoms with Crippen LogP contribution >= 0.6 is 0 Å². The van der Waals surface area contributed by atoms with Crippen molar-refractivity contribution in [2.24, 2.45) is 5.41 Å². The van der Waals surface area contributed by atoms with E-state index >= 15 is 0 Å². The summed E-state index contributed by atoms with van der Waals surface area (Å²) in [6, 6.07) is 34.6. The fraction of sp³-hybridized carbons (Fsp3) is 0.270. The molecule has 5 nitrogen and oxygen atoms in total. The number of nitriles is 1. The van der Waals surface area contributed by atoms with Gasteiger partial charge in [-0.05, 0) is 47.7 Å². The van der Waals surface area contributed by atoms with Gasteiger partial charge in [-0.1, -0.05) is 117 Å². The van der Waals surface area contributed by atoms with E-state index in [2.05, 4.69) is 18.1 Å². The minimum Gasteiger partial charge on any atom is -0.493 e. The molecule has 0 bridgehead atoms. The van der Waals surface area contributed by atoms with Gasteiger partial charge in [0.1, 0.15) is 17.5 Å². The largest absolute Gasteiger partial charge is 0.493 e. The molecule has 0 amide bonds. The number of benzene rings is 4. The van der Waals surface area contributed by atoms with Crippen LogP contribution in [0.5, 0.6) is 5.75 Å². The van der Waals surface area contributed by atoms with Crippen LogP contribution in [-0.4, -0.2) is 21.6 Å². The molecule has 0 saturated heterocycles. The number of hydrogen-bond donors (Lipinski definition) is 0. The van der Waals surface area contributed by atoms with Crippen molar-refractivity contribution in [1.82, 2.24) is 15.0 Å². The zero-order valence-electron chi connectivity index (χ0n) is 25.0. The van der Waals surface area contributed by atoms with Crippen molar-refractivity contribution in [2.45, 2.75) is 50.7 Å². The summed E-state index contributed by atoms with van der Waals surface area (Å²) in [5, 5.41) is 19.8. The highest BCUT2D eigenvalue weighted by Crippen LogP contribution is 2.42. The van der Waals surface area contributed by atoms with Gasteiger partial charge in [0.2, 0.25) is 0 Å². The molecule has 0 aliphatic heterocycles. The van der Waals surface area contributed by atoms with Crippen LogP contribution in [0.2, 0.25) is 0 Å². The van der Waals surface area contributed by atoms with Gasteiger partial charge in [0.25, 0.3) is 0 Å². The quantitative estimate of drug-likeness (QED) is 0.165. The Kier molecular flexibility index (Phi) is 8.20. The Morgan fingerprint density at radius 2 is 1.29 bits per heavy atom. The van der Waals surface area contributed by atoms with Gasteiger partial charge in [-0.25, -0.2) is 0 Å². The zero-order valence-corrected chi connectivity index (χ0v) is 25.0. The van der Waals surface area contributed by atoms with E-state index in [0.717, 1.165) is 60.9 Å². The van der Waals surface area contributed by atoms with E-state index in [1.807, 2.05) is 91.0 Å². The van der Waals surface area contributed by atoms with Gasteiger partial charge in [0, 0.05) is 11.0 Å². The average Bonchev–Trinajstić information content (AvgIpc) is 3.50. The predicted molar refractivity (Wildman–Crippen MR) is 166 cm³/mol. The number of ether oxygens (including phenoxy) is 1. The molecule has 0 unspecified atom stereocenters. The average molecular weight is 607 g/mol. The maximum atomic E-state index is 14.2. The van der Waals surface area contributed by atoms with Crippen LogP contribution in [0.15, 0.2) is 109 Å². The minimum absolute atomic E-state index is 0.0458. The molecule has 0 spiro atoms. The molecule has 4 aromatic carbocycles. The Labute approximate surface area is 260 Å². The Balaban J connectivity index is 1.54. The van der Waals surface area contributed by atoms with Crippen molar-refractivity contribution in [1.29, 1.82) is 5.26 Å². The second-order valence-corrected chi connectivity index (χ2v) is 12.0. The highest BCUT2D eigenvalue weighted by atomic mass is 19.4. The van der Waals surface area contributed by atoms with Crippen LogP contribution < -0.4 is 4.74 Å². The van der Waals surface area contributed by atoms with Crippen molar-refractivity contribution >= 4 is 0 Å². The lowest BCUT2D eigenvalue weighted by Crippen LogP contribution is -2.39. The number of alkyl halides is 3. The Morgan fingerprint density at radius 3 is 1.78 bits per heavy atom. The molecule has 1 aliphatic carbocycles. The van der Waals surface area contributed by atoms with Gasteiger partial charge in [-0.3, -0.25) is 0 Å². The Hall–Kier alpha value is -4.90. The minimum atomic E-state index is -4.63. The van der Waals surface area contributed by atoms with Crippen molar-refractivity contribution < 1.29 is 17.9 Å². The molecule has 1 fully saturated rings. The van der Waals surface area contributed by atoms with E-state index in [1.165, 1.54) is 10.9 Å². The lowest BCUT2D eigenvalue weighted by Gasteiger charge is -2.34. The summed E-state index contributed by atoms with van der Waals surface area (Å²) in [5.41, 5.74) is 0.420. The van der Waals surface area contributed by atoms with Crippen LogP contribution in [0.25, 0.3) is 11.3 Å². The molecule has 8 heteroatoms. The summed E-state index contributed by atoms with van der Waals surface area (Å²) in [5.74, 6) is 0.0884. The summed E-state index contributed by atoms with van der Waals surface area (Å²) in [4.78, 5) is 1.46. The molecular weight excluding hydrogens is 573 g/mol. The first-order valence-corrected chi connectivity index (χ1v) is 15.1. The fourth-order valence-electron chi connectivity index (χ4n) is 6.40. The SMILES string of the molecule is CC1(COc2cc(-c3nn(C(c4ccccc4)(c4ccccc4)c4ccccc4)nc3C#N)cc(C(F)(F)F)c2)CCCCC1. The van der Waals surface area contributed by atoms with E-state index in [1.54, 1.807) is 0 Å². The molecule has 6 rings (SSSR count). The molecule has 1 heterocycles. The van der Waals surface area contributed by atoms with E-state index < -0.39 is 17.3 Å². The molecule has 0 atom stereocenters. The molecule has 45 heavy (non-hydrogen) atoms. The van der Waals surface area contributed by atoms with Crippen molar-refractivity contribution in [3.05, 3.63) is 137 Å². The van der Waals surface area contributed by atoms with E-state index in [4.69, 9.17) is 9.84 Å². The maximum absolute atomic E-state index is 14.2. The van der Waals surface area contributed by atoms with Gasteiger partial charge >= 0.3 is 6.18 Å². The van der Waals surface area contributed by atoms with Crippen LogP contribution in [-0.2, 0) is 11.7 Å². The van der Waals surface area contributed by atoms with E-state index in [0.29, 0.717) is 6.61 Å². The van der Waals surface area contributed by atoms with Gasteiger partial charge < -0.3 is 4.74 Å². The Bertz CT molecular complexity index is 1690. The third kappa shape index (κ3) is 5.95. The molecule has 0 radical (unpaired) electrons. The highest BCUT2D eigenvalue weighted by molar-refractivity contribution is 5.67. The van der Waals surface area contributed by atoms with Crippen LogP contribution in [0.4, 0.5) is 13.2 Å². The maximum Gasteiger partial charge on any atom is 0.416 e. The number of aromatic nitrogens is 3. The molecule has 228 valence electrons. The summed E-state index contributed by atoms with van der Waals surface area (Å²) >= 11 is 0. The van der Waals surface area contributed by atoms with Crippen molar-refractivity contribution in [3.8, 4) is 23.1 Å². The van der Waals surface area contributed by atoms with E-state index in [-0.39, 0.29) is 28.1 Å². The fourth-order valence-corrected chi connectivity index (χ4v) is 6.40. The summed E-state index contributed by atoms with van der Waals surface area (Å²) in [6.07, 6.45) is 0.612. The van der Waals surface area contributed by atoms with E-state index in [9.17, 15) is 18.4 Å². The van der Waals surface area contributed by atoms with Crippen molar-refractivity contribution in [3.63, 3.8) is 0 Å². The first kappa shape index (κ1) is 30.1. The second-order valence-electron chi connectivity index (χ2n) is 12.0. The zero-order chi connectivity index (χ0) is 31.5. The van der Waals surface area contributed by atoms with Crippen LogP contribution in [0, 0.1) is 16.7 Å². The first-order chi connectivity index (χ1) is 21.7. The van der Waals surface area contributed by atoms with Gasteiger partial charge in [0.05, 0.1) is 12.2 Å². The molecule has 0 N–H and O–H groups in total. The van der Waals surface area contributed by atoms with Crippen LogP contribution in [0.3, 0.4) is 0 Å². The second kappa shape index (κ2) is 12.2. The lowest BCUT2D eigenvalue weighted by atomic mass is 9.76. The smallest absolute Gasteiger partial charge is 0.416 e. The van der Waals surface area contributed by atoms with Gasteiger partial charge in [0.15, 0.2) is 11.2 Å². The summed E-state index contributed by atoms with van der Waals surface area (Å²) in [6.45, 7) is 2.43. The lowest BCUT2D eigenvalue weighted by molar-refractivity contribution is -0.137. The topological polar surface area (TPSA) is 63.7 Å². The first-order valence-electron chi connectivity index (χ1n) is 15.1. The standard InChI is InChI=1S/C37H33F3N4O/c1-35(20-12-5-13-21-35)26-45-32-23-27(22-31(24-32)37(38,39)40)34-33(25-41)42-44(43-34)36(28-14-6-2-7-15-28,29-16-8-3-9-17-29)30-18-10-4-11-19-30/h2-4,6-11,14-19,22-24H,5,12-13,20-21,26H2,1H3. The van der Waals surface area contributed by atoms with Crippen LogP contribution in [0.1, 0.15) is 67.0 Å². The molecule has 1 aromatic heterocycles. The summed E-state index contributed by atoms with van der Waals surface area (Å²) in [7, 11) is 0. The number of halogens is 3. The van der Waals surface area contributed by atoms with Gasteiger partial charge in [-0.2, -0.15) is 28.3 Å². The Morgan fingerprint density at radius 1 is 0.756 bits per heavy atom. The number of hydrogen-bond acceptors (Lipinski definition) is 4. The molecule has 5 aromatic rings. The third-order valence-electron chi connectivity index (χ3n) is 8.75. The normalized spacial score (nSPS) is 14.9. The molecular formula is C37H33F3N4O. The highest BCUT2D eigenvalue weighted by Gasteiger charge is 2.42. The molecule has 1 aliphatic rings. The monoisotopic (exact) mass is 606 g/mol. The summed E-state index contributed by atoms with van der Waals surface area (Å²) < 4.78 is 48.7. The predicted octanol–water partition coefficient (Wildman–Crippen LogP) is 9.02. The number of rotatable bonds is 8. The number of nitrogens with zero attached hydrogens (tertiary/aromatic N) is 4. The molecule has 1 saturated carbocycles. The third-order valence-corrected chi connectivity index (χ3v) is 8.75.